The molecule has 0 aromatic rings. The molecule has 2 aliphatic carbocycles. The maximum Gasteiger partial charge on any atom is 0.192 e. The molecule has 0 heterocycles. The van der Waals surface area contributed by atoms with Gasteiger partial charge in [0.2, 0.25) is 0 Å². The fourth-order valence-electron chi connectivity index (χ4n) is 6.19. The van der Waals surface area contributed by atoms with Gasteiger partial charge in [-0.25, -0.2) is 0 Å². The first-order chi connectivity index (χ1) is 12.7. The molecular formula is C25H48OSi. The number of allylic oxidation sites excluding steroid dienone is 2. The quantitative estimate of drug-likeness (QED) is 0.284. The lowest BCUT2D eigenvalue weighted by atomic mass is 9.62. The van der Waals surface area contributed by atoms with Crippen molar-refractivity contribution in [2.45, 2.75) is 112 Å². The van der Waals surface area contributed by atoms with Crippen LogP contribution in [-0.4, -0.2) is 14.4 Å². The van der Waals surface area contributed by atoms with Gasteiger partial charge in [-0.3, -0.25) is 0 Å². The Hall–Kier alpha value is -0.0831. The average Bonchev–Trinajstić information content (AvgIpc) is 3.01. The van der Waals surface area contributed by atoms with Crippen molar-refractivity contribution in [3.63, 3.8) is 0 Å². The first kappa shape index (κ1) is 23.2. The van der Waals surface area contributed by atoms with Crippen molar-refractivity contribution in [1.82, 2.24) is 0 Å². The monoisotopic (exact) mass is 392 g/mol. The third-order valence-corrected chi connectivity index (χ3v) is 13.5. The highest BCUT2D eigenvalue weighted by Gasteiger charge is 2.53. The lowest BCUT2D eigenvalue weighted by Gasteiger charge is -2.48. The van der Waals surface area contributed by atoms with Crippen molar-refractivity contribution in [1.29, 1.82) is 0 Å². The van der Waals surface area contributed by atoms with Gasteiger partial charge >= 0.3 is 0 Å². The fraction of sp³-hybridized carbons (Fsp3) is 0.920. The van der Waals surface area contributed by atoms with E-state index in [0.29, 0.717) is 23.4 Å². The summed E-state index contributed by atoms with van der Waals surface area (Å²) in [6.45, 7) is 19.3. The van der Waals surface area contributed by atoms with Crippen LogP contribution in [0.3, 0.4) is 0 Å². The summed E-state index contributed by atoms with van der Waals surface area (Å²) in [7, 11) is -1.50. The number of fused-ring (bicyclic) bond motifs is 1. The molecule has 0 radical (unpaired) electrons. The van der Waals surface area contributed by atoms with E-state index in [1.165, 1.54) is 50.2 Å². The summed E-state index contributed by atoms with van der Waals surface area (Å²) in [4.78, 5) is 0. The summed E-state index contributed by atoms with van der Waals surface area (Å²) in [6.07, 6.45) is 12.5. The van der Waals surface area contributed by atoms with E-state index in [4.69, 9.17) is 4.43 Å². The summed E-state index contributed by atoms with van der Waals surface area (Å²) in [5.74, 6) is 3.76. The Bertz CT molecular complexity index is 472. The van der Waals surface area contributed by atoms with Gasteiger partial charge in [0.25, 0.3) is 0 Å². The van der Waals surface area contributed by atoms with E-state index in [9.17, 15) is 0 Å². The second-order valence-electron chi connectivity index (χ2n) is 10.4. The van der Waals surface area contributed by atoms with E-state index in [-0.39, 0.29) is 0 Å². The molecule has 0 aliphatic heterocycles. The highest BCUT2D eigenvalue weighted by atomic mass is 28.4. The zero-order valence-corrected chi connectivity index (χ0v) is 20.7. The van der Waals surface area contributed by atoms with Gasteiger partial charge in [0.15, 0.2) is 8.32 Å². The maximum atomic E-state index is 7.08. The van der Waals surface area contributed by atoms with Crippen LogP contribution in [0.1, 0.15) is 87.5 Å². The highest BCUT2D eigenvalue weighted by molar-refractivity contribution is 6.73. The van der Waals surface area contributed by atoms with Crippen molar-refractivity contribution >= 4 is 8.32 Å². The van der Waals surface area contributed by atoms with Crippen molar-refractivity contribution < 1.29 is 4.43 Å². The van der Waals surface area contributed by atoms with Gasteiger partial charge in [0.1, 0.15) is 0 Å². The summed E-state index contributed by atoms with van der Waals surface area (Å²) in [6, 6.07) is 3.86. The van der Waals surface area contributed by atoms with Gasteiger partial charge in [-0.15, -0.1) is 0 Å². The molecule has 27 heavy (non-hydrogen) atoms. The van der Waals surface area contributed by atoms with Gasteiger partial charge in [0.05, 0.1) is 0 Å². The predicted octanol–water partition coefficient (Wildman–Crippen LogP) is 8.08. The van der Waals surface area contributed by atoms with Crippen LogP contribution in [0.15, 0.2) is 12.2 Å². The SMILES string of the molecule is CC[Si](CC)(CC)OC1CCCC2(C)C(C(C)C=CC(C)C(C)C)CCC12. The second kappa shape index (κ2) is 9.61. The molecule has 2 aliphatic rings. The smallest absolute Gasteiger partial charge is 0.192 e. The Morgan fingerprint density at radius 2 is 1.59 bits per heavy atom. The minimum absolute atomic E-state index is 0.489. The minimum atomic E-state index is -1.50. The first-order valence-corrected chi connectivity index (χ1v) is 14.6. The Kier molecular flexibility index (Phi) is 8.26. The Morgan fingerprint density at radius 1 is 0.963 bits per heavy atom. The first-order valence-electron chi connectivity index (χ1n) is 12.1. The molecule has 2 rings (SSSR count). The van der Waals surface area contributed by atoms with Crippen LogP contribution in [0.2, 0.25) is 18.1 Å². The van der Waals surface area contributed by atoms with Crippen LogP contribution < -0.4 is 0 Å². The minimum Gasteiger partial charge on any atom is -0.414 e. The van der Waals surface area contributed by atoms with Crippen LogP contribution in [-0.2, 0) is 4.43 Å². The van der Waals surface area contributed by atoms with Crippen LogP contribution >= 0.6 is 0 Å². The predicted molar refractivity (Wildman–Crippen MR) is 123 cm³/mol. The van der Waals surface area contributed by atoms with Crippen molar-refractivity contribution in [3.05, 3.63) is 12.2 Å². The summed E-state index contributed by atoms with van der Waals surface area (Å²) in [5.41, 5.74) is 0.489. The molecule has 0 amide bonds. The molecule has 0 aromatic heterocycles. The fourth-order valence-corrected chi connectivity index (χ4v) is 9.12. The molecule has 0 aromatic carbocycles. The van der Waals surface area contributed by atoms with Gasteiger partial charge in [0, 0.05) is 6.10 Å². The molecule has 2 fully saturated rings. The summed E-state index contributed by atoms with van der Waals surface area (Å²) >= 11 is 0. The van der Waals surface area contributed by atoms with E-state index in [1.807, 2.05) is 0 Å². The van der Waals surface area contributed by atoms with E-state index in [1.54, 1.807) is 0 Å². The number of rotatable bonds is 9. The van der Waals surface area contributed by atoms with Crippen LogP contribution in [0, 0.1) is 35.0 Å². The highest BCUT2D eigenvalue weighted by Crippen LogP contribution is 2.59. The summed E-state index contributed by atoms with van der Waals surface area (Å²) < 4.78 is 7.08. The maximum absolute atomic E-state index is 7.08. The zero-order chi connectivity index (χ0) is 20.2. The largest absolute Gasteiger partial charge is 0.414 e. The topological polar surface area (TPSA) is 9.23 Å². The lowest BCUT2D eigenvalue weighted by Crippen LogP contribution is -2.48. The summed E-state index contributed by atoms with van der Waals surface area (Å²) in [5, 5.41) is 0. The molecule has 0 spiro atoms. The molecule has 158 valence electrons. The van der Waals surface area contributed by atoms with Crippen LogP contribution in [0.5, 0.6) is 0 Å². The molecule has 0 saturated heterocycles. The van der Waals surface area contributed by atoms with E-state index in [2.05, 4.69) is 67.5 Å². The number of hydrogen-bond acceptors (Lipinski definition) is 1. The average molecular weight is 393 g/mol. The molecule has 6 atom stereocenters. The van der Waals surface area contributed by atoms with Crippen molar-refractivity contribution in [2.75, 3.05) is 0 Å². The van der Waals surface area contributed by atoms with Gasteiger partial charge in [-0.1, -0.05) is 74.0 Å². The van der Waals surface area contributed by atoms with Crippen molar-refractivity contribution in [2.24, 2.45) is 35.0 Å². The molecule has 2 saturated carbocycles. The molecule has 2 heteroatoms. The third-order valence-electron chi connectivity index (χ3n) is 8.87. The van der Waals surface area contributed by atoms with Gasteiger partial charge in [-0.05, 0) is 78.8 Å². The normalized spacial score (nSPS) is 34.2. The zero-order valence-electron chi connectivity index (χ0n) is 19.7. The second-order valence-corrected chi connectivity index (χ2v) is 15.2. The molecule has 0 bridgehead atoms. The van der Waals surface area contributed by atoms with E-state index >= 15 is 0 Å². The van der Waals surface area contributed by atoms with Crippen molar-refractivity contribution in [3.8, 4) is 0 Å². The lowest BCUT2D eigenvalue weighted by molar-refractivity contribution is -0.0153. The molecule has 0 N–H and O–H groups in total. The van der Waals surface area contributed by atoms with Gasteiger partial charge < -0.3 is 4.43 Å². The standard InChI is InChI=1S/C25H48OSi/c1-9-27(10-2,11-3)26-24-13-12-18-25(8)22(16-17-23(24)25)21(7)15-14-20(6)19(4)5/h14-15,19-24H,9-13,16-18H2,1-8H3. The molecular weight excluding hydrogens is 344 g/mol. The van der Waals surface area contributed by atoms with E-state index < -0.39 is 8.32 Å². The van der Waals surface area contributed by atoms with Crippen LogP contribution in [0.4, 0.5) is 0 Å². The van der Waals surface area contributed by atoms with Crippen LogP contribution in [0.25, 0.3) is 0 Å². The van der Waals surface area contributed by atoms with Gasteiger partial charge in [-0.2, -0.15) is 0 Å². The number of hydrogen-bond donors (Lipinski definition) is 0. The Balaban J connectivity index is 2.13. The Morgan fingerprint density at radius 3 is 2.15 bits per heavy atom. The van der Waals surface area contributed by atoms with E-state index in [0.717, 1.165) is 17.8 Å². The third kappa shape index (κ3) is 4.92. The Labute approximate surface area is 171 Å². The molecule has 6 unspecified atom stereocenters. The molecule has 1 nitrogen and oxygen atoms in total.